The second-order valence-electron chi connectivity index (χ2n) is 7.24. The van der Waals surface area contributed by atoms with Crippen molar-refractivity contribution < 1.29 is 13.6 Å². The van der Waals surface area contributed by atoms with Crippen molar-refractivity contribution in [3.05, 3.63) is 90.0 Å². The van der Waals surface area contributed by atoms with Gasteiger partial charge in [0.05, 0.1) is 24.3 Å². The highest BCUT2D eigenvalue weighted by Gasteiger charge is 2.21. The van der Waals surface area contributed by atoms with E-state index in [-0.39, 0.29) is 23.5 Å². The molecule has 0 aliphatic carbocycles. The van der Waals surface area contributed by atoms with E-state index >= 15 is 0 Å². The first kappa shape index (κ1) is 19.7. The summed E-state index contributed by atoms with van der Waals surface area (Å²) in [7, 11) is 1.62. The lowest BCUT2D eigenvalue weighted by Crippen LogP contribution is -2.12. The Labute approximate surface area is 181 Å². The minimum absolute atomic E-state index is 0.189. The van der Waals surface area contributed by atoms with E-state index in [4.69, 9.17) is 0 Å². The molecule has 1 aromatic carbocycles. The second-order valence-corrected chi connectivity index (χ2v) is 7.24. The van der Waals surface area contributed by atoms with E-state index in [1.165, 1.54) is 39.8 Å². The average Bonchev–Trinajstić information content (AvgIpc) is 3.38. The van der Waals surface area contributed by atoms with Crippen molar-refractivity contribution in [3.63, 3.8) is 0 Å². The van der Waals surface area contributed by atoms with Crippen molar-refractivity contribution in [1.82, 2.24) is 29.4 Å². The topological polar surface area (TPSA) is 78.0 Å². The van der Waals surface area contributed by atoms with Crippen molar-refractivity contribution in [2.45, 2.75) is 6.42 Å². The molecule has 0 fully saturated rings. The third kappa shape index (κ3) is 3.53. The van der Waals surface area contributed by atoms with Gasteiger partial charge in [0.15, 0.2) is 17.3 Å². The van der Waals surface area contributed by atoms with E-state index in [1.54, 1.807) is 7.05 Å². The zero-order valence-corrected chi connectivity index (χ0v) is 16.9. The van der Waals surface area contributed by atoms with E-state index < -0.39 is 11.6 Å². The Hall–Kier alpha value is -4.27. The van der Waals surface area contributed by atoms with Crippen LogP contribution in [0.25, 0.3) is 28.3 Å². The van der Waals surface area contributed by atoms with Gasteiger partial charge in [0.1, 0.15) is 17.3 Å². The number of aryl methyl sites for hydroxylation is 1. The molecule has 0 amide bonds. The number of carbonyl (C=O) groups excluding carboxylic acids is 1. The SMILES string of the molecule is Cn1ncc(-c2ccc(F)cn2)c1C(=O)Cc1cc2nc(-c3ccccc3)nn2cc1F. The van der Waals surface area contributed by atoms with Gasteiger partial charge in [-0.05, 0) is 18.2 Å². The summed E-state index contributed by atoms with van der Waals surface area (Å²) in [6.45, 7) is 0. The highest BCUT2D eigenvalue weighted by Crippen LogP contribution is 2.24. The van der Waals surface area contributed by atoms with Crippen molar-refractivity contribution >= 4 is 11.4 Å². The molecule has 0 saturated heterocycles. The number of carbonyl (C=O) groups is 1. The molecule has 0 spiro atoms. The number of pyridine rings is 2. The van der Waals surface area contributed by atoms with Crippen molar-refractivity contribution in [1.29, 1.82) is 0 Å². The number of hydrogen-bond donors (Lipinski definition) is 0. The van der Waals surface area contributed by atoms with Crippen LogP contribution in [0.1, 0.15) is 16.1 Å². The lowest BCUT2D eigenvalue weighted by atomic mass is 10.0. The second kappa shape index (κ2) is 7.77. The molecular weight excluding hydrogens is 414 g/mol. The van der Waals surface area contributed by atoms with Gasteiger partial charge in [-0.2, -0.15) is 5.10 Å². The molecule has 0 unspecified atom stereocenters. The minimum atomic E-state index is -0.570. The molecule has 0 bridgehead atoms. The van der Waals surface area contributed by atoms with Crippen LogP contribution >= 0.6 is 0 Å². The minimum Gasteiger partial charge on any atom is -0.292 e. The van der Waals surface area contributed by atoms with E-state index in [1.807, 2.05) is 30.3 Å². The Bertz CT molecular complexity index is 1440. The number of Topliss-reactive ketones (excluding diaryl/α,β-unsaturated/α-hetero) is 1. The number of fused-ring (bicyclic) bond motifs is 1. The third-order valence-electron chi connectivity index (χ3n) is 5.09. The highest BCUT2D eigenvalue weighted by atomic mass is 19.1. The zero-order valence-electron chi connectivity index (χ0n) is 16.9. The van der Waals surface area contributed by atoms with Crippen LogP contribution in [-0.2, 0) is 13.5 Å². The van der Waals surface area contributed by atoms with Gasteiger partial charge in [0.2, 0.25) is 0 Å². The van der Waals surface area contributed by atoms with Crippen LogP contribution in [0.4, 0.5) is 8.78 Å². The Morgan fingerprint density at radius 1 is 1.06 bits per heavy atom. The van der Waals surface area contributed by atoms with Gasteiger partial charge in [-0.25, -0.2) is 18.3 Å². The molecule has 158 valence electrons. The summed E-state index contributed by atoms with van der Waals surface area (Å²) < 4.78 is 30.8. The third-order valence-corrected chi connectivity index (χ3v) is 5.09. The number of halogens is 2. The van der Waals surface area contributed by atoms with E-state index in [0.29, 0.717) is 22.7 Å². The number of benzene rings is 1. The highest BCUT2D eigenvalue weighted by molar-refractivity contribution is 6.01. The average molecular weight is 430 g/mol. The Morgan fingerprint density at radius 3 is 2.62 bits per heavy atom. The molecule has 0 N–H and O–H groups in total. The molecule has 0 aliphatic rings. The smallest absolute Gasteiger partial charge is 0.186 e. The van der Waals surface area contributed by atoms with Crippen LogP contribution in [0.5, 0.6) is 0 Å². The molecule has 5 rings (SSSR count). The number of ketones is 1. The number of nitrogens with zero attached hydrogens (tertiary/aromatic N) is 6. The molecule has 4 heterocycles. The normalized spacial score (nSPS) is 11.2. The fraction of sp³-hybridized carbons (Fsp3) is 0.0870. The summed E-state index contributed by atoms with van der Waals surface area (Å²) in [5, 5.41) is 8.45. The van der Waals surface area contributed by atoms with E-state index in [9.17, 15) is 13.6 Å². The van der Waals surface area contributed by atoms with Gasteiger partial charge in [0, 0.05) is 30.2 Å². The monoisotopic (exact) mass is 430 g/mol. The summed E-state index contributed by atoms with van der Waals surface area (Å²) in [4.78, 5) is 21.6. The van der Waals surface area contributed by atoms with Crippen molar-refractivity contribution in [2.24, 2.45) is 7.05 Å². The number of hydrogen-bond acceptors (Lipinski definition) is 5. The first-order valence-corrected chi connectivity index (χ1v) is 9.77. The van der Waals surface area contributed by atoms with Gasteiger partial charge < -0.3 is 0 Å². The largest absolute Gasteiger partial charge is 0.292 e. The maximum absolute atomic E-state index is 14.8. The first-order valence-electron chi connectivity index (χ1n) is 9.77. The van der Waals surface area contributed by atoms with Crippen LogP contribution in [0, 0.1) is 11.6 Å². The number of rotatable bonds is 5. The molecule has 5 aromatic rings. The molecule has 0 radical (unpaired) electrons. The molecule has 9 heteroatoms. The van der Waals surface area contributed by atoms with Crippen LogP contribution < -0.4 is 0 Å². The fourth-order valence-corrected chi connectivity index (χ4v) is 3.54. The van der Waals surface area contributed by atoms with Crippen LogP contribution in [0.3, 0.4) is 0 Å². The first-order chi connectivity index (χ1) is 15.5. The summed E-state index contributed by atoms with van der Waals surface area (Å²) in [5.74, 6) is -0.940. The molecule has 4 aromatic heterocycles. The molecule has 7 nitrogen and oxygen atoms in total. The number of aromatic nitrogens is 6. The van der Waals surface area contributed by atoms with Gasteiger partial charge in [-0.15, -0.1) is 5.10 Å². The van der Waals surface area contributed by atoms with Crippen LogP contribution in [-0.4, -0.2) is 35.1 Å². The summed E-state index contributed by atoms with van der Waals surface area (Å²) >= 11 is 0. The predicted molar refractivity (Wildman–Crippen MR) is 113 cm³/mol. The predicted octanol–water partition coefficient (Wildman–Crippen LogP) is 3.90. The lowest BCUT2D eigenvalue weighted by Gasteiger charge is -2.07. The summed E-state index contributed by atoms with van der Waals surface area (Å²) in [5.41, 5.74) is 2.54. The molecule has 0 atom stereocenters. The van der Waals surface area contributed by atoms with Gasteiger partial charge >= 0.3 is 0 Å². The van der Waals surface area contributed by atoms with Crippen LogP contribution in [0.2, 0.25) is 0 Å². The van der Waals surface area contributed by atoms with E-state index in [2.05, 4.69) is 20.2 Å². The maximum Gasteiger partial charge on any atom is 0.186 e. The van der Waals surface area contributed by atoms with Crippen molar-refractivity contribution in [3.8, 4) is 22.6 Å². The standard InChI is InChI=1S/C23H16F2N6O/c1-30-22(17(12-27-30)19-8-7-16(24)11-26-19)20(32)9-15-10-21-28-23(14-5-3-2-4-6-14)29-31(21)13-18(15)25/h2-8,10-13H,9H2,1H3. The maximum atomic E-state index is 14.8. The van der Waals surface area contributed by atoms with Gasteiger partial charge in [-0.1, -0.05) is 30.3 Å². The Kier molecular flexibility index (Phi) is 4.78. The lowest BCUT2D eigenvalue weighted by molar-refractivity contribution is 0.0983. The Balaban J connectivity index is 1.48. The van der Waals surface area contributed by atoms with Crippen molar-refractivity contribution in [2.75, 3.05) is 0 Å². The Morgan fingerprint density at radius 2 is 1.88 bits per heavy atom. The van der Waals surface area contributed by atoms with Crippen LogP contribution in [0.15, 0.2) is 67.1 Å². The van der Waals surface area contributed by atoms with Gasteiger partial charge in [0.25, 0.3) is 0 Å². The summed E-state index contributed by atoms with van der Waals surface area (Å²) in [6, 6.07) is 13.6. The molecule has 0 aliphatic heterocycles. The molecule has 0 saturated carbocycles. The zero-order chi connectivity index (χ0) is 22.2. The summed E-state index contributed by atoms with van der Waals surface area (Å²) in [6.07, 6.45) is 3.56. The quantitative estimate of drug-likeness (QED) is 0.395. The fourth-order valence-electron chi connectivity index (χ4n) is 3.54. The van der Waals surface area contributed by atoms with Gasteiger partial charge in [-0.3, -0.25) is 14.5 Å². The molecule has 32 heavy (non-hydrogen) atoms. The molecular formula is C23H16F2N6O. The van der Waals surface area contributed by atoms with E-state index in [0.717, 1.165) is 11.8 Å².